The van der Waals surface area contributed by atoms with Crippen LogP contribution in [-0.4, -0.2) is 0 Å². The zero-order valence-corrected chi connectivity index (χ0v) is 12.1. The van der Waals surface area contributed by atoms with Gasteiger partial charge in [-0.05, 0) is 63.3 Å². The third-order valence-corrected chi connectivity index (χ3v) is 3.44. The molecular formula is C18H24. The van der Waals surface area contributed by atoms with E-state index in [-0.39, 0.29) is 5.41 Å². The zero-order valence-electron chi connectivity index (χ0n) is 12.1. The van der Waals surface area contributed by atoms with Crippen molar-refractivity contribution < 1.29 is 0 Å². The minimum Gasteiger partial charge on any atom is -0.125 e. The molecule has 0 aromatic carbocycles. The van der Waals surface area contributed by atoms with Crippen molar-refractivity contribution in [3.05, 3.63) is 65.5 Å². The summed E-state index contributed by atoms with van der Waals surface area (Å²) in [4.78, 5) is 0. The predicted molar refractivity (Wildman–Crippen MR) is 81.5 cm³/mol. The molecule has 0 bridgehead atoms. The molecule has 1 rings (SSSR count). The van der Waals surface area contributed by atoms with E-state index < -0.39 is 0 Å². The lowest BCUT2D eigenvalue weighted by atomic mass is 9.70. The molecule has 0 N–H and O–H groups in total. The Kier molecular flexibility index (Phi) is 4.76. The monoisotopic (exact) mass is 240 g/mol. The van der Waals surface area contributed by atoms with Crippen LogP contribution in [0.5, 0.6) is 0 Å². The van der Waals surface area contributed by atoms with E-state index >= 15 is 0 Å². The van der Waals surface area contributed by atoms with Crippen molar-refractivity contribution in [1.82, 2.24) is 0 Å². The number of allylic oxidation sites excluding steroid dienone is 7. The van der Waals surface area contributed by atoms with Gasteiger partial charge in [0.15, 0.2) is 0 Å². The molecule has 0 aliphatic heterocycles. The predicted octanol–water partition coefficient (Wildman–Crippen LogP) is 5.52. The highest BCUT2D eigenvalue weighted by Gasteiger charge is 2.31. The van der Waals surface area contributed by atoms with Crippen molar-refractivity contribution in [3.63, 3.8) is 0 Å². The fourth-order valence-electron chi connectivity index (χ4n) is 2.34. The van der Waals surface area contributed by atoms with Crippen LogP contribution in [0.25, 0.3) is 0 Å². The first-order valence-corrected chi connectivity index (χ1v) is 6.51. The first-order chi connectivity index (χ1) is 8.45. The van der Waals surface area contributed by atoms with E-state index in [0.717, 1.165) is 12.8 Å². The smallest absolute Gasteiger partial charge is 0.0386 e. The molecule has 0 spiro atoms. The van der Waals surface area contributed by atoms with Gasteiger partial charge in [0.1, 0.15) is 0 Å². The van der Waals surface area contributed by atoms with Crippen LogP contribution in [0, 0.1) is 5.41 Å². The summed E-state index contributed by atoms with van der Waals surface area (Å²) in [5.74, 6) is 0. The average molecular weight is 240 g/mol. The molecule has 0 saturated carbocycles. The van der Waals surface area contributed by atoms with Crippen molar-refractivity contribution in [2.75, 3.05) is 0 Å². The Hall–Kier alpha value is -1.52. The number of rotatable bonds is 3. The topological polar surface area (TPSA) is 0 Å². The fourth-order valence-corrected chi connectivity index (χ4v) is 2.34. The molecule has 0 saturated heterocycles. The van der Waals surface area contributed by atoms with Gasteiger partial charge in [-0.25, -0.2) is 0 Å². The molecule has 18 heavy (non-hydrogen) atoms. The molecule has 0 radical (unpaired) electrons. The van der Waals surface area contributed by atoms with Gasteiger partial charge in [-0.3, -0.25) is 0 Å². The van der Waals surface area contributed by atoms with Crippen LogP contribution in [-0.2, 0) is 0 Å². The molecule has 1 aliphatic rings. The highest BCUT2D eigenvalue weighted by Crippen LogP contribution is 2.43. The Labute approximate surface area is 112 Å². The molecule has 1 atom stereocenters. The lowest BCUT2D eigenvalue weighted by Crippen LogP contribution is -2.21. The van der Waals surface area contributed by atoms with E-state index in [2.05, 4.69) is 64.8 Å². The van der Waals surface area contributed by atoms with E-state index in [1.807, 2.05) is 6.08 Å². The molecule has 96 valence electrons. The van der Waals surface area contributed by atoms with Crippen LogP contribution < -0.4 is 0 Å². The van der Waals surface area contributed by atoms with Gasteiger partial charge in [-0.1, -0.05) is 30.4 Å². The quantitative estimate of drug-likeness (QED) is 0.450. The largest absolute Gasteiger partial charge is 0.125 e. The van der Waals surface area contributed by atoms with Crippen LogP contribution in [0.15, 0.2) is 65.5 Å². The standard InChI is InChI=1S/C18H24/c1-7-16-10-12-18(8-2,11-9-14(3)4)17(13-16)15(5)6/h7-8,11,13H,1-2,10,12H2,3-6H3. The Morgan fingerprint density at radius 1 is 1.28 bits per heavy atom. The van der Waals surface area contributed by atoms with Gasteiger partial charge in [0.2, 0.25) is 0 Å². The van der Waals surface area contributed by atoms with Crippen LogP contribution in [0.4, 0.5) is 0 Å². The fraction of sp³-hybridized carbons (Fsp3) is 0.389. The molecule has 1 aliphatic carbocycles. The highest BCUT2D eigenvalue weighted by atomic mass is 14.3. The first kappa shape index (κ1) is 14.5. The summed E-state index contributed by atoms with van der Waals surface area (Å²) in [7, 11) is 0. The van der Waals surface area contributed by atoms with Crippen LogP contribution in [0.1, 0.15) is 40.5 Å². The van der Waals surface area contributed by atoms with E-state index in [9.17, 15) is 0 Å². The Morgan fingerprint density at radius 3 is 2.39 bits per heavy atom. The van der Waals surface area contributed by atoms with Crippen LogP contribution in [0.2, 0.25) is 0 Å². The third kappa shape index (κ3) is 3.03. The summed E-state index contributed by atoms with van der Waals surface area (Å²) in [6, 6.07) is 0. The molecule has 0 amide bonds. The summed E-state index contributed by atoms with van der Waals surface area (Å²) in [5.41, 5.74) is 8.47. The zero-order chi connectivity index (χ0) is 13.8. The molecule has 0 aromatic rings. The maximum atomic E-state index is 4.05. The van der Waals surface area contributed by atoms with Crippen LogP contribution in [0.3, 0.4) is 0 Å². The summed E-state index contributed by atoms with van der Waals surface area (Å²) < 4.78 is 0. The van der Waals surface area contributed by atoms with Gasteiger partial charge >= 0.3 is 0 Å². The molecule has 0 aromatic heterocycles. The normalized spacial score (nSPS) is 22.7. The van der Waals surface area contributed by atoms with E-state index in [1.54, 1.807) is 0 Å². The Bertz CT molecular complexity index is 468. The lowest BCUT2D eigenvalue weighted by Gasteiger charge is -2.33. The van der Waals surface area contributed by atoms with Crippen molar-refractivity contribution in [3.8, 4) is 0 Å². The van der Waals surface area contributed by atoms with Gasteiger partial charge in [0.25, 0.3) is 0 Å². The van der Waals surface area contributed by atoms with Gasteiger partial charge in [0.05, 0.1) is 0 Å². The van der Waals surface area contributed by atoms with Gasteiger partial charge < -0.3 is 0 Å². The Morgan fingerprint density at radius 2 is 1.94 bits per heavy atom. The summed E-state index contributed by atoms with van der Waals surface area (Å²) in [6.45, 7) is 16.4. The van der Waals surface area contributed by atoms with Crippen molar-refractivity contribution in [1.29, 1.82) is 0 Å². The highest BCUT2D eigenvalue weighted by molar-refractivity contribution is 5.46. The molecule has 0 heterocycles. The molecular weight excluding hydrogens is 216 g/mol. The summed E-state index contributed by atoms with van der Waals surface area (Å²) >= 11 is 0. The van der Waals surface area contributed by atoms with E-state index in [0.29, 0.717) is 0 Å². The minimum atomic E-state index is -0.0669. The number of hydrogen-bond acceptors (Lipinski definition) is 0. The maximum absolute atomic E-state index is 4.05. The van der Waals surface area contributed by atoms with Crippen molar-refractivity contribution >= 4 is 0 Å². The van der Waals surface area contributed by atoms with E-state index in [4.69, 9.17) is 0 Å². The second-order valence-corrected chi connectivity index (χ2v) is 5.37. The van der Waals surface area contributed by atoms with Gasteiger partial charge in [-0.2, -0.15) is 0 Å². The van der Waals surface area contributed by atoms with Gasteiger partial charge in [-0.15, -0.1) is 12.3 Å². The average Bonchev–Trinajstić information content (AvgIpc) is 2.35. The van der Waals surface area contributed by atoms with Crippen molar-refractivity contribution in [2.24, 2.45) is 5.41 Å². The Balaban J connectivity index is 3.42. The maximum Gasteiger partial charge on any atom is 0.0386 e. The van der Waals surface area contributed by atoms with Crippen LogP contribution >= 0.6 is 0 Å². The first-order valence-electron chi connectivity index (χ1n) is 6.51. The molecule has 1 unspecified atom stereocenters. The van der Waals surface area contributed by atoms with Crippen molar-refractivity contribution in [2.45, 2.75) is 40.5 Å². The van der Waals surface area contributed by atoms with Gasteiger partial charge in [0, 0.05) is 5.41 Å². The SMILES string of the molecule is C=CC1=CC(=C(C)C)C(C=C)(C=C=C(C)C)CC1. The third-order valence-electron chi connectivity index (χ3n) is 3.44. The second-order valence-electron chi connectivity index (χ2n) is 5.37. The van der Waals surface area contributed by atoms with E-state index in [1.165, 1.54) is 22.3 Å². The summed E-state index contributed by atoms with van der Waals surface area (Å²) in [6.07, 6.45) is 10.6. The molecule has 0 nitrogen and oxygen atoms in total. The minimum absolute atomic E-state index is 0.0669. The summed E-state index contributed by atoms with van der Waals surface area (Å²) in [5, 5.41) is 0. The second kappa shape index (κ2) is 5.89. The number of hydrogen-bond donors (Lipinski definition) is 0. The molecule has 0 fully saturated rings. The molecule has 0 heteroatoms. The lowest BCUT2D eigenvalue weighted by molar-refractivity contribution is 0.522.